The standard InChI is InChI=1S/C12H17N3/c1-7-5-10-8(11(13)15-14-10)6-9(7)12(2,3)4/h5-6H,1-4H3,(H3,13,14,15). The highest BCUT2D eigenvalue weighted by Gasteiger charge is 2.18. The molecule has 0 aliphatic carbocycles. The summed E-state index contributed by atoms with van der Waals surface area (Å²) in [5.74, 6) is 0.579. The van der Waals surface area contributed by atoms with Crippen LogP contribution >= 0.6 is 0 Å². The van der Waals surface area contributed by atoms with Crippen molar-refractivity contribution in [2.75, 3.05) is 5.73 Å². The molecule has 0 amide bonds. The highest BCUT2D eigenvalue weighted by Crippen LogP contribution is 2.30. The van der Waals surface area contributed by atoms with E-state index in [1.165, 1.54) is 11.1 Å². The van der Waals surface area contributed by atoms with E-state index in [1.54, 1.807) is 0 Å². The van der Waals surface area contributed by atoms with E-state index in [4.69, 9.17) is 5.73 Å². The molecule has 0 unspecified atom stereocenters. The molecule has 0 fully saturated rings. The van der Waals surface area contributed by atoms with E-state index >= 15 is 0 Å². The van der Waals surface area contributed by atoms with Crippen LogP contribution in [0.2, 0.25) is 0 Å². The molecule has 0 atom stereocenters. The van der Waals surface area contributed by atoms with Crippen molar-refractivity contribution in [1.82, 2.24) is 10.2 Å². The fraction of sp³-hybridized carbons (Fsp3) is 0.417. The Morgan fingerprint density at radius 1 is 1.27 bits per heavy atom. The van der Waals surface area contributed by atoms with Crippen molar-refractivity contribution < 1.29 is 0 Å². The zero-order valence-corrected chi connectivity index (χ0v) is 9.68. The highest BCUT2D eigenvalue weighted by molar-refractivity contribution is 5.89. The Hall–Kier alpha value is -1.51. The monoisotopic (exact) mass is 203 g/mol. The van der Waals surface area contributed by atoms with Gasteiger partial charge in [-0.1, -0.05) is 20.8 Å². The number of nitrogens with one attached hydrogen (secondary N) is 1. The lowest BCUT2D eigenvalue weighted by Gasteiger charge is -2.21. The van der Waals surface area contributed by atoms with Crippen molar-refractivity contribution in [1.29, 1.82) is 0 Å². The van der Waals surface area contributed by atoms with Gasteiger partial charge < -0.3 is 5.73 Å². The number of H-pyrrole nitrogens is 1. The van der Waals surface area contributed by atoms with E-state index < -0.39 is 0 Å². The van der Waals surface area contributed by atoms with Gasteiger partial charge in [0.05, 0.1) is 5.52 Å². The third-order valence-electron chi connectivity index (χ3n) is 2.75. The molecule has 80 valence electrons. The number of nitrogen functional groups attached to an aromatic ring is 1. The molecular formula is C12H17N3. The second-order valence-electron chi connectivity index (χ2n) is 5.07. The second kappa shape index (κ2) is 2.99. The average Bonchev–Trinajstić information content (AvgIpc) is 2.44. The largest absolute Gasteiger partial charge is 0.382 e. The van der Waals surface area contributed by atoms with Crippen molar-refractivity contribution in [3.8, 4) is 0 Å². The first kappa shape index (κ1) is 10.0. The number of aromatic nitrogens is 2. The van der Waals surface area contributed by atoms with Gasteiger partial charge in [0, 0.05) is 5.39 Å². The summed E-state index contributed by atoms with van der Waals surface area (Å²) in [5, 5.41) is 7.96. The summed E-state index contributed by atoms with van der Waals surface area (Å²) in [7, 11) is 0. The number of anilines is 1. The third-order valence-corrected chi connectivity index (χ3v) is 2.75. The van der Waals surface area contributed by atoms with Gasteiger partial charge >= 0.3 is 0 Å². The van der Waals surface area contributed by atoms with Crippen LogP contribution in [0.5, 0.6) is 0 Å². The molecule has 2 rings (SSSR count). The molecule has 1 aromatic carbocycles. The lowest BCUT2D eigenvalue weighted by molar-refractivity contribution is 0.587. The van der Waals surface area contributed by atoms with Gasteiger partial charge in [0.15, 0.2) is 5.82 Å². The number of fused-ring (bicyclic) bond motifs is 1. The summed E-state index contributed by atoms with van der Waals surface area (Å²) in [6, 6.07) is 4.25. The smallest absolute Gasteiger partial charge is 0.153 e. The molecule has 2 aromatic rings. The van der Waals surface area contributed by atoms with E-state index in [9.17, 15) is 0 Å². The number of aromatic amines is 1. The second-order valence-corrected chi connectivity index (χ2v) is 5.07. The van der Waals surface area contributed by atoms with Crippen molar-refractivity contribution in [2.24, 2.45) is 0 Å². The fourth-order valence-corrected chi connectivity index (χ4v) is 2.00. The van der Waals surface area contributed by atoms with E-state index in [1.807, 2.05) is 0 Å². The third kappa shape index (κ3) is 1.58. The molecule has 0 aliphatic rings. The van der Waals surface area contributed by atoms with Gasteiger partial charge in [0.1, 0.15) is 0 Å². The van der Waals surface area contributed by atoms with Crippen LogP contribution in [0.3, 0.4) is 0 Å². The minimum atomic E-state index is 0.141. The van der Waals surface area contributed by atoms with E-state index in [-0.39, 0.29) is 5.41 Å². The Morgan fingerprint density at radius 3 is 2.53 bits per heavy atom. The van der Waals surface area contributed by atoms with Gasteiger partial charge in [-0.25, -0.2) is 0 Å². The molecule has 0 radical (unpaired) electrons. The van der Waals surface area contributed by atoms with E-state index in [0.717, 1.165) is 10.9 Å². The number of aryl methyl sites for hydroxylation is 1. The lowest BCUT2D eigenvalue weighted by atomic mass is 9.83. The summed E-state index contributed by atoms with van der Waals surface area (Å²) in [6.07, 6.45) is 0. The average molecular weight is 203 g/mol. The first-order chi connectivity index (χ1) is 6.89. The zero-order valence-electron chi connectivity index (χ0n) is 9.68. The molecule has 1 aromatic heterocycles. The van der Waals surface area contributed by atoms with Crippen LogP contribution in [0.4, 0.5) is 5.82 Å². The Morgan fingerprint density at radius 2 is 1.93 bits per heavy atom. The molecule has 0 bridgehead atoms. The molecule has 0 spiro atoms. The summed E-state index contributed by atoms with van der Waals surface area (Å²) in [4.78, 5) is 0. The molecule has 0 saturated carbocycles. The van der Waals surface area contributed by atoms with Gasteiger partial charge in [0.25, 0.3) is 0 Å². The predicted octanol–water partition coefficient (Wildman–Crippen LogP) is 2.75. The van der Waals surface area contributed by atoms with Crippen LogP contribution < -0.4 is 5.73 Å². The maximum absolute atomic E-state index is 5.80. The van der Waals surface area contributed by atoms with Gasteiger partial charge in [-0.05, 0) is 35.6 Å². The topological polar surface area (TPSA) is 54.7 Å². The fourth-order valence-electron chi connectivity index (χ4n) is 2.00. The van der Waals surface area contributed by atoms with Crippen molar-refractivity contribution >= 4 is 16.7 Å². The Balaban J connectivity index is 2.76. The Kier molecular flexibility index (Phi) is 2.00. The van der Waals surface area contributed by atoms with E-state index in [2.05, 4.69) is 50.0 Å². The number of rotatable bonds is 0. The molecule has 15 heavy (non-hydrogen) atoms. The van der Waals surface area contributed by atoms with Crippen LogP contribution in [0.1, 0.15) is 31.9 Å². The van der Waals surface area contributed by atoms with Crippen LogP contribution in [-0.4, -0.2) is 10.2 Å². The maximum atomic E-state index is 5.80. The lowest BCUT2D eigenvalue weighted by Crippen LogP contribution is -2.12. The first-order valence-corrected chi connectivity index (χ1v) is 5.14. The van der Waals surface area contributed by atoms with Crippen molar-refractivity contribution in [3.05, 3.63) is 23.3 Å². The summed E-state index contributed by atoms with van der Waals surface area (Å²) < 4.78 is 0. The SMILES string of the molecule is Cc1cc2[nH]nc(N)c2cc1C(C)(C)C. The summed E-state index contributed by atoms with van der Waals surface area (Å²) >= 11 is 0. The van der Waals surface area contributed by atoms with Crippen LogP contribution in [-0.2, 0) is 5.41 Å². The first-order valence-electron chi connectivity index (χ1n) is 5.14. The van der Waals surface area contributed by atoms with E-state index in [0.29, 0.717) is 5.82 Å². The highest BCUT2D eigenvalue weighted by atomic mass is 15.1. The minimum Gasteiger partial charge on any atom is -0.382 e. The molecule has 3 N–H and O–H groups in total. The number of nitrogens with zero attached hydrogens (tertiary/aromatic N) is 1. The molecule has 0 aliphatic heterocycles. The Labute approximate surface area is 89.7 Å². The summed E-state index contributed by atoms with van der Waals surface area (Å²) in [5.41, 5.74) is 9.55. The zero-order chi connectivity index (χ0) is 11.2. The van der Waals surface area contributed by atoms with Gasteiger partial charge in [-0.3, -0.25) is 5.10 Å². The number of hydrogen-bond acceptors (Lipinski definition) is 2. The van der Waals surface area contributed by atoms with Crippen LogP contribution in [0.25, 0.3) is 10.9 Å². The maximum Gasteiger partial charge on any atom is 0.153 e. The number of nitrogens with two attached hydrogens (primary N) is 1. The Bertz CT molecular complexity index is 503. The van der Waals surface area contributed by atoms with Crippen LogP contribution in [0, 0.1) is 6.92 Å². The van der Waals surface area contributed by atoms with Crippen LogP contribution in [0.15, 0.2) is 12.1 Å². The number of benzene rings is 1. The molecule has 3 heteroatoms. The van der Waals surface area contributed by atoms with Gasteiger partial charge in [-0.2, -0.15) is 5.10 Å². The quantitative estimate of drug-likeness (QED) is 0.691. The van der Waals surface area contributed by atoms with Crippen molar-refractivity contribution in [2.45, 2.75) is 33.1 Å². The normalized spacial score (nSPS) is 12.3. The minimum absolute atomic E-state index is 0.141. The molecule has 3 nitrogen and oxygen atoms in total. The molecular weight excluding hydrogens is 186 g/mol. The molecule has 0 saturated heterocycles. The van der Waals surface area contributed by atoms with Gasteiger partial charge in [0.2, 0.25) is 0 Å². The van der Waals surface area contributed by atoms with Gasteiger partial charge in [-0.15, -0.1) is 0 Å². The van der Waals surface area contributed by atoms with Crippen molar-refractivity contribution in [3.63, 3.8) is 0 Å². The predicted molar refractivity (Wildman–Crippen MR) is 63.9 cm³/mol. The summed E-state index contributed by atoms with van der Waals surface area (Å²) in [6.45, 7) is 8.74. The number of hydrogen-bond donors (Lipinski definition) is 2. The molecule has 1 heterocycles.